The highest BCUT2D eigenvalue weighted by Gasteiger charge is 2.15. The van der Waals surface area contributed by atoms with Crippen LogP contribution in [0.2, 0.25) is 5.02 Å². The van der Waals surface area contributed by atoms with Gasteiger partial charge in [-0.2, -0.15) is 0 Å². The van der Waals surface area contributed by atoms with Gasteiger partial charge in [-0.25, -0.2) is 0 Å². The summed E-state index contributed by atoms with van der Waals surface area (Å²) in [5, 5.41) is 13.2. The molecule has 1 unspecified atom stereocenters. The van der Waals surface area contributed by atoms with Crippen molar-refractivity contribution in [2.75, 3.05) is 11.9 Å². The van der Waals surface area contributed by atoms with E-state index in [2.05, 4.69) is 5.32 Å². The molecule has 64 valence electrons. The molecule has 0 spiro atoms. The largest absolute Gasteiger partial charge is 0.391 e. The predicted molar refractivity (Wildman–Crippen MR) is 49.7 cm³/mol. The molecule has 1 aliphatic heterocycles. The number of benzene rings is 1. The molecule has 0 saturated heterocycles. The molecule has 1 aliphatic rings. The zero-order chi connectivity index (χ0) is 8.55. The summed E-state index contributed by atoms with van der Waals surface area (Å²) >= 11 is 5.81. The van der Waals surface area contributed by atoms with Gasteiger partial charge < -0.3 is 10.4 Å². The summed E-state index contributed by atoms with van der Waals surface area (Å²) in [7, 11) is 0. The zero-order valence-corrected chi connectivity index (χ0v) is 7.30. The minimum Gasteiger partial charge on any atom is -0.391 e. The minimum absolute atomic E-state index is 0.265. The van der Waals surface area contributed by atoms with Crippen LogP contribution in [0.25, 0.3) is 0 Å². The quantitative estimate of drug-likeness (QED) is 0.642. The third-order valence-corrected chi connectivity index (χ3v) is 2.29. The smallest absolute Gasteiger partial charge is 0.0753 e. The van der Waals surface area contributed by atoms with Gasteiger partial charge in [0.2, 0.25) is 0 Å². The zero-order valence-electron chi connectivity index (χ0n) is 6.55. The van der Waals surface area contributed by atoms with Crippen molar-refractivity contribution in [2.45, 2.75) is 12.5 Å². The summed E-state index contributed by atoms with van der Waals surface area (Å²) < 4.78 is 0. The SMILES string of the molecule is OC1CNc2cc(Cl)ccc2C1. The van der Waals surface area contributed by atoms with Crippen molar-refractivity contribution in [3.8, 4) is 0 Å². The highest BCUT2D eigenvalue weighted by atomic mass is 35.5. The Bertz CT molecular complexity index is 301. The average molecular weight is 184 g/mol. The van der Waals surface area contributed by atoms with Crippen molar-refractivity contribution in [3.63, 3.8) is 0 Å². The molecule has 2 N–H and O–H groups in total. The standard InChI is InChI=1S/C9H10ClNO/c10-7-2-1-6-3-8(12)5-11-9(6)4-7/h1-2,4,8,11-12H,3,5H2. The highest BCUT2D eigenvalue weighted by Crippen LogP contribution is 2.25. The molecule has 0 bridgehead atoms. The Kier molecular flexibility index (Phi) is 1.95. The van der Waals surface area contributed by atoms with E-state index < -0.39 is 0 Å². The number of rotatable bonds is 0. The summed E-state index contributed by atoms with van der Waals surface area (Å²) in [6, 6.07) is 5.69. The molecule has 0 saturated carbocycles. The lowest BCUT2D eigenvalue weighted by atomic mass is 10.0. The molecule has 2 nitrogen and oxygen atoms in total. The molecule has 1 heterocycles. The van der Waals surface area contributed by atoms with E-state index in [0.717, 1.165) is 22.7 Å². The van der Waals surface area contributed by atoms with Gasteiger partial charge >= 0.3 is 0 Å². The number of fused-ring (bicyclic) bond motifs is 1. The van der Waals surface area contributed by atoms with Gasteiger partial charge in [-0.15, -0.1) is 0 Å². The van der Waals surface area contributed by atoms with E-state index in [9.17, 15) is 5.11 Å². The molecule has 0 amide bonds. The fourth-order valence-corrected chi connectivity index (χ4v) is 1.62. The van der Waals surface area contributed by atoms with Gasteiger partial charge in [0.25, 0.3) is 0 Å². The molecule has 12 heavy (non-hydrogen) atoms. The fraction of sp³-hybridized carbons (Fsp3) is 0.333. The van der Waals surface area contributed by atoms with Crippen molar-refractivity contribution in [3.05, 3.63) is 28.8 Å². The second-order valence-corrected chi connectivity index (χ2v) is 3.48. The number of anilines is 1. The predicted octanol–water partition coefficient (Wildman–Crippen LogP) is 1.67. The lowest BCUT2D eigenvalue weighted by molar-refractivity contribution is 0.184. The first-order valence-corrected chi connectivity index (χ1v) is 4.34. The van der Waals surface area contributed by atoms with Crippen LogP contribution in [0.3, 0.4) is 0 Å². The normalized spacial score (nSPS) is 21.3. The van der Waals surface area contributed by atoms with E-state index in [1.807, 2.05) is 18.2 Å². The molecule has 3 heteroatoms. The average Bonchev–Trinajstić information content (AvgIpc) is 2.05. The minimum atomic E-state index is -0.265. The van der Waals surface area contributed by atoms with Crippen LogP contribution in [0.15, 0.2) is 18.2 Å². The molecular weight excluding hydrogens is 174 g/mol. The Hall–Kier alpha value is -0.730. The van der Waals surface area contributed by atoms with Crippen molar-refractivity contribution in [1.29, 1.82) is 0 Å². The van der Waals surface area contributed by atoms with Crippen LogP contribution in [0, 0.1) is 0 Å². The summed E-state index contributed by atoms with van der Waals surface area (Å²) in [6.45, 7) is 0.618. The first-order valence-electron chi connectivity index (χ1n) is 3.96. The lowest BCUT2D eigenvalue weighted by Gasteiger charge is -2.22. The lowest BCUT2D eigenvalue weighted by Crippen LogP contribution is -2.27. The first kappa shape index (κ1) is 7.90. The Morgan fingerprint density at radius 1 is 1.50 bits per heavy atom. The van der Waals surface area contributed by atoms with Gasteiger partial charge in [-0.05, 0) is 17.7 Å². The number of hydrogen-bond acceptors (Lipinski definition) is 2. The second kappa shape index (κ2) is 2.96. The van der Waals surface area contributed by atoms with Crippen molar-refractivity contribution >= 4 is 17.3 Å². The van der Waals surface area contributed by atoms with Crippen LogP contribution in [0.1, 0.15) is 5.56 Å². The third-order valence-electron chi connectivity index (χ3n) is 2.06. The van der Waals surface area contributed by atoms with Gasteiger partial charge in [0, 0.05) is 23.7 Å². The van der Waals surface area contributed by atoms with Crippen molar-refractivity contribution in [1.82, 2.24) is 0 Å². The number of aliphatic hydroxyl groups excluding tert-OH is 1. The number of halogens is 1. The summed E-state index contributed by atoms with van der Waals surface area (Å²) in [4.78, 5) is 0. The Morgan fingerprint density at radius 2 is 2.33 bits per heavy atom. The van der Waals surface area contributed by atoms with Gasteiger partial charge in [0.1, 0.15) is 0 Å². The van der Waals surface area contributed by atoms with Crippen LogP contribution < -0.4 is 5.32 Å². The van der Waals surface area contributed by atoms with Crippen LogP contribution in [0.5, 0.6) is 0 Å². The van der Waals surface area contributed by atoms with E-state index >= 15 is 0 Å². The van der Waals surface area contributed by atoms with Gasteiger partial charge in [-0.1, -0.05) is 17.7 Å². The van der Waals surface area contributed by atoms with Crippen LogP contribution in [-0.4, -0.2) is 17.8 Å². The number of β-amino-alcohol motifs (C(OH)–C–C–N with tert-alkyl or cyclic N) is 1. The Labute approximate surface area is 76.2 Å². The van der Waals surface area contributed by atoms with Crippen molar-refractivity contribution < 1.29 is 5.11 Å². The summed E-state index contributed by atoms with van der Waals surface area (Å²) in [5.74, 6) is 0. The molecule has 0 radical (unpaired) electrons. The molecule has 0 aliphatic carbocycles. The van der Waals surface area contributed by atoms with E-state index in [1.165, 1.54) is 0 Å². The van der Waals surface area contributed by atoms with E-state index in [-0.39, 0.29) is 6.10 Å². The number of aliphatic hydroxyl groups is 1. The molecule has 2 rings (SSSR count). The van der Waals surface area contributed by atoms with Gasteiger partial charge in [0.15, 0.2) is 0 Å². The van der Waals surface area contributed by atoms with Crippen LogP contribution in [0.4, 0.5) is 5.69 Å². The van der Waals surface area contributed by atoms with E-state index in [1.54, 1.807) is 0 Å². The maximum absolute atomic E-state index is 9.33. The first-order chi connectivity index (χ1) is 5.75. The number of hydrogen-bond donors (Lipinski definition) is 2. The topological polar surface area (TPSA) is 32.3 Å². The highest BCUT2D eigenvalue weighted by molar-refractivity contribution is 6.30. The van der Waals surface area contributed by atoms with E-state index in [4.69, 9.17) is 11.6 Å². The van der Waals surface area contributed by atoms with Gasteiger partial charge in [0.05, 0.1) is 6.10 Å². The fourth-order valence-electron chi connectivity index (χ4n) is 1.45. The Balaban J connectivity index is 2.37. The van der Waals surface area contributed by atoms with Crippen LogP contribution >= 0.6 is 11.6 Å². The molecule has 1 atom stereocenters. The monoisotopic (exact) mass is 183 g/mol. The second-order valence-electron chi connectivity index (χ2n) is 3.04. The molecule has 0 aromatic heterocycles. The maximum Gasteiger partial charge on any atom is 0.0753 e. The van der Waals surface area contributed by atoms with Crippen LogP contribution in [-0.2, 0) is 6.42 Å². The van der Waals surface area contributed by atoms with Crippen molar-refractivity contribution in [2.24, 2.45) is 0 Å². The maximum atomic E-state index is 9.33. The molecular formula is C9H10ClNO. The summed E-state index contributed by atoms with van der Waals surface area (Å²) in [6.07, 6.45) is 0.457. The van der Waals surface area contributed by atoms with Gasteiger partial charge in [-0.3, -0.25) is 0 Å². The Morgan fingerprint density at radius 3 is 3.17 bits per heavy atom. The molecule has 0 fully saturated rings. The summed E-state index contributed by atoms with van der Waals surface area (Å²) in [5.41, 5.74) is 2.19. The molecule has 1 aromatic rings. The molecule has 1 aromatic carbocycles. The number of nitrogens with one attached hydrogen (secondary N) is 1. The van der Waals surface area contributed by atoms with E-state index in [0.29, 0.717) is 6.54 Å². The third kappa shape index (κ3) is 1.40.